The van der Waals surface area contributed by atoms with Crippen LogP contribution in [-0.2, 0) is 16.0 Å². The summed E-state index contributed by atoms with van der Waals surface area (Å²) in [5.74, 6) is -1.50. The third kappa shape index (κ3) is 3.89. The molecule has 0 bridgehead atoms. The number of ketones is 1. The molecule has 3 aromatic carbocycles. The number of carbonyl (C=O) groups is 2. The molecule has 1 N–H and O–H groups in total. The number of aromatic nitrogens is 1. The van der Waals surface area contributed by atoms with E-state index in [0.29, 0.717) is 33.0 Å². The second-order valence-electron chi connectivity index (χ2n) is 9.08. The smallest absolute Gasteiger partial charge is 0.301 e. The maximum absolute atomic E-state index is 13.4. The van der Waals surface area contributed by atoms with Crippen LogP contribution in [0.1, 0.15) is 29.7 Å². The number of fused-ring (bicyclic) bond motifs is 2. The van der Waals surface area contributed by atoms with Crippen LogP contribution in [0.4, 0.5) is 10.8 Å². The van der Waals surface area contributed by atoms with E-state index >= 15 is 0 Å². The molecule has 4 aromatic rings. The van der Waals surface area contributed by atoms with Crippen molar-refractivity contribution in [3.05, 3.63) is 98.1 Å². The average molecular weight is 548 g/mol. The fraction of sp³-hybridized carbons (Fsp3) is 0.148. The Balaban J connectivity index is 1.56. The maximum Gasteiger partial charge on any atom is 0.301 e. The van der Waals surface area contributed by atoms with E-state index in [2.05, 4.69) is 4.98 Å². The number of nitro groups is 1. The van der Waals surface area contributed by atoms with Gasteiger partial charge in [-0.05, 0) is 54.4 Å². The molecule has 190 valence electrons. The molecule has 1 amide bonds. The summed E-state index contributed by atoms with van der Waals surface area (Å²) in [6.45, 7) is 1.93. The Kier molecular flexibility index (Phi) is 5.66. The van der Waals surface area contributed by atoms with Gasteiger partial charge in [-0.15, -0.1) is 0 Å². The number of hydrogen-bond acceptors (Lipinski definition) is 8. The SMILES string of the molecule is C[C@@H]1Cc2cc(C(O)=C3C(=O)C(=O)N(c4nc5ccc(Cl)cc5s4)[C@H]3c3cccc([N+](=O)[O-])c3)ccc2O1. The van der Waals surface area contributed by atoms with Crippen LogP contribution in [0.2, 0.25) is 5.02 Å². The number of nitro benzene ring substituents is 1. The largest absolute Gasteiger partial charge is 0.507 e. The number of nitrogens with zero attached hydrogens (tertiary/aromatic N) is 3. The van der Waals surface area contributed by atoms with Gasteiger partial charge < -0.3 is 9.84 Å². The molecule has 2 atom stereocenters. The quantitative estimate of drug-likeness (QED) is 0.112. The number of Topliss-reactive ketones (excluding diaryl/α,β-unsaturated/α-hetero) is 1. The van der Waals surface area contributed by atoms with Crippen molar-refractivity contribution < 1.29 is 24.4 Å². The summed E-state index contributed by atoms with van der Waals surface area (Å²) in [6, 6.07) is 14.6. The van der Waals surface area contributed by atoms with Crippen molar-refractivity contribution in [2.24, 2.45) is 0 Å². The number of halogens is 1. The highest BCUT2D eigenvalue weighted by atomic mass is 35.5. The highest BCUT2D eigenvalue weighted by Crippen LogP contribution is 2.45. The molecule has 0 aliphatic carbocycles. The van der Waals surface area contributed by atoms with Crippen LogP contribution in [0.15, 0.2) is 66.2 Å². The molecule has 0 saturated carbocycles. The van der Waals surface area contributed by atoms with Gasteiger partial charge in [0.15, 0.2) is 5.13 Å². The molecular formula is C27H18ClN3O6S. The molecule has 2 aliphatic rings. The molecule has 0 radical (unpaired) electrons. The van der Waals surface area contributed by atoms with Gasteiger partial charge in [0.2, 0.25) is 0 Å². The number of non-ortho nitro benzene ring substituents is 1. The molecule has 0 spiro atoms. The summed E-state index contributed by atoms with van der Waals surface area (Å²) in [7, 11) is 0. The first kappa shape index (κ1) is 24.1. The molecule has 3 heterocycles. The summed E-state index contributed by atoms with van der Waals surface area (Å²) in [6.07, 6.45) is 0.610. The van der Waals surface area contributed by atoms with Gasteiger partial charge in [0.05, 0.1) is 26.8 Å². The highest BCUT2D eigenvalue weighted by Gasteiger charge is 2.48. The molecule has 11 heteroatoms. The van der Waals surface area contributed by atoms with Gasteiger partial charge in [-0.1, -0.05) is 35.1 Å². The molecule has 2 aliphatic heterocycles. The molecule has 1 saturated heterocycles. The minimum absolute atomic E-state index is 0.0228. The van der Waals surface area contributed by atoms with Gasteiger partial charge in [-0.3, -0.25) is 24.6 Å². The van der Waals surface area contributed by atoms with Crippen LogP contribution >= 0.6 is 22.9 Å². The normalized spacial score (nSPS) is 20.1. The lowest BCUT2D eigenvalue weighted by molar-refractivity contribution is -0.384. The Morgan fingerprint density at radius 1 is 1.18 bits per heavy atom. The third-order valence-corrected chi connectivity index (χ3v) is 7.81. The predicted molar refractivity (Wildman–Crippen MR) is 143 cm³/mol. The van der Waals surface area contributed by atoms with E-state index in [4.69, 9.17) is 16.3 Å². The molecule has 38 heavy (non-hydrogen) atoms. The number of aliphatic hydroxyl groups is 1. The van der Waals surface area contributed by atoms with E-state index in [1.807, 2.05) is 6.92 Å². The number of ether oxygens (including phenoxy) is 1. The molecule has 1 fully saturated rings. The minimum Gasteiger partial charge on any atom is -0.507 e. The number of rotatable bonds is 4. The van der Waals surface area contributed by atoms with Crippen molar-refractivity contribution in [1.29, 1.82) is 0 Å². The summed E-state index contributed by atoms with van der Waals surface area (Å²) in [5.41, 5.74) is 1.67. The summed E-state index contributed by atoms with van der Waals surface area (Å²) < 4.78 is 6.43. The Hall–Kier alpha value is -4.28. The van der Waals surface area contributed by atoms with Crippen LogP contribution in [-0.4, -0.2) is 32.8 Å². The third-order valence-electron chi connectivity index (χ3n) is 6.56. The predicted octanol–water partition coefficient (Wildman–Crippen LogP) is 5.81. The zero-order valence-corrected chi connectivity index (χ0v) is 21.3. The van der Waals surface area contributed by atoms with Gasteiger partial charge >= 0.3 is 5.91 Å². The van der Waals surface area contributed by atoms with E-state index in [1.54, 1.807) is 42.5 Å². The van der Waals surface area contributed by atoms with E-state index in [0.717, 1.165) is 16.9 Å². The minimum atomic E-state index is -1.14. The van der Waals surface area contributed by atoms with Crippen LogP contribution in [0.5, 0.6) is 5.75 Å². The van der Waals surface area contributed by atoms with Gasteiger partial charge in [0, 0.05) is 29.1 Å². The molecular weight excluding hydrogens is 530 g/mol. The summed E-state index contributed by atoms with van der Waals surface area (Å²) in [4.78, 5) is 43.6. The van der Waals surface area contributed by atoms with Crippen LogP contribution in [0.25, 0.3) is 16.0 Å². The van der Waals surface area contributed by atoms with Gasteiger partial charge in [-0.2, -0.15) is 0 Å². The number of amides is 1. The average Bonchev–Trinajstić information content (AvgIpc) is 3.55. The Morgan fingerprint density at radius 3 is 2.79 bits per heavy atom. The summed E-state index contributed by atoms with van der Waals surface area (Å²) in [5, 5.41) is 23.6. The van der Waals surface area contributed by atoms with Gasteiger partial charge in [0.1, 0.15) is 17.6 Å². The van der Waals surface area contributed by atoms with E-state index in [9.17, 15) is 24.8 Å². The van der Waals surface area contributed by atoms with Gasteiger partial charge in [-0.25, -0.2) is 4.98 Å². The zero-order valence-electron chi connectivity index (χ0n) is 19.8. The number of hydrogen-bond donors (Lipinski definition) is 1. The molecule has 1 aromatic heterocycles. The molecule has 6 rings (SSSR count). The van der Waals surface area contributed by atoms with E-state index in [-0.39, 0.29) is 33.8 Å². The van der Waals surface area contributed by atoms with Crippen molar-refractivity contribution in [1.82, 2.24) is 4.98 Å². The number of anilines is 1. The van der Waals surface area contributed by atoms with E-state index < -0.39 is 22.7 Å². The van der Waals surface area contributed by atoms with E-state index in [1.165, 1.54) is 23.1 Å². The van der Waals surface area contributed by atoms with Crippen molar-refractivity contribution in [2.75, 3.05) is 4.90 Å². The number of thiazole rings is 1. The van der Waals surface area contributed by atoms with Crippen LogP contribution in [0.3, 0.4) is 0 Å². The first-order valence-corrected chi connectivity index (χ1v) is 12.8. The fourth-order valence-corrected chi connectivity index (χ4v) is 6.14. The van der Waals surface area contributed by atoms with Crippen molar-refractivity contribution in [2.45, 2.75) is 25.5 Å². The second-order valence-corrected chi connectivity index (χ2v) is 10.5. The second kappa shape index (κ2) is 8.93. The molecule has 0 unspecified atom stereocenters. The Morgan fingerprint density at radius 2 is 2.00 bits per heavy atom. The maximum atomic E-state index is 13.4. The highest BCUT2D eigenvalue weighted by molar-refractivity contribution is 7.22. The molecule has 9 nitrogen and oxygen atoms in total. The lowest BCUT2D eigenvalue weighted by Gasteiger charge is -2.22. The summed E-state index contributed by atoms with van der Waals surface area (Å²) >= 11 is 7.28. The monoisotopic (exact) mass is 547 g/mol. The van der Waals surface area contributed by atoms with Crippen LogP contribution < -0.4 is 9.64 Å². The first-order chi connectivity index (χ1) is 18.2. The standard InChI is InChI=1S/C27H18ClN3O6S/c1-13-9-16-10-15(5-8-20(16)37-13)24(32)22-23(14-3-2-4-18(11-14)31(35)36)30(26(34)25(22)33)27-29-19-7-6-17(28)12-21(19)38-27/h2-8,10-13,23,32H,9H2,1H3/t13-,23+/m1/s1. The fourth-order valence-electron chi connectivity index (χ4n) is 4.87. The number of carbonyl (C=O) groups excluding carboxylic acids is 2. The topological polar surface area (TPSA) is 123 Å². The Bertz CT molecular complexity index is 1710. The Labute approximate surface area is 224 Å². The van der Waals surface area contributed by atoms with Crippen molar-refractivity contribution >= 4 is 61.4 Å². The van der Waals surface area contributed by atoms with Crippen molar-refractivity contribution in [3.8, 4) is 5.75 Å². The van der Waals surface area contributed by atoms with Gasteiger partial charge in [0.25, 0.3) is 11.5 Å². The van der Waals surface area contributed by atoms with Crippen molar-refractivity contribution in [3.63, 3.8) is 0 Å². The lowest BCUT2D eigenvalue weighted by Crippen LogP contribution is -2.29. The lowest BCUT2D eigenvalue weighted by atomic mass is 9.94. The first-order valence-electron chi connectivity index (χ1n) is 11.6. The zero-order chi connectivity index (χ0) is 26.7. The number of aliphatic hydroxyl groups excluding tert-OH is 1. The van der Waals surface area contributed by atoms with Crippen LogP contribution in [0, 0.1) is 10.1 Å². The number of benzene rings is 3.